The summed E-state index contributed by atoms with van der Waals surface area (Å²) in [6, 6.07) is 32.9. The van der Waals surface area contributed by atoms with E-state index in [1.165, 1.54) is 54.1 Å². The number of pyridine rings is 2. The summed E-state index contributed by atoms with van der Waals surface area (Å²) in [5.41, 5.74) is 5.90. The molecule has 0 amide bonds. The van der Waals surface area contributed by atoms with Gasteiger partial charge in [0.25, 0.3) is 0 Å². The Kier molecular flexibility index (Phi) is 6.43. The average molecular weight is 646 g/mol. The van der Waals surface area contributed by atoms with Gasteiger partial charge in [-0.15, -0.1) is 0 Å². The van der Waals surface area contributed by atoms with E-state index in [1.807, 2.05) is 12.4 Å². The lowest BCUT2D eigenvalue weighted by atomic mass is 9.54. The van der Waals surface area contributed by atoms with E-state index in [0.717, 1.165) is 70.2 Å². The SMILES string of the molecule is CC(C)(C)c1ccnc(-n2c3ccccc3c3ccc(Oc4cccc(N5CN(C6C7CC8CC(C7)CC6C8)c6cccnc65)c4)cc32)c1. The first-order valence-electron chi connectivity index (χ1n) is 18.1. The Morgan fingerprint density at radius 1 is 0.673 bits per heavy atom. The molecule has 4 bridgehead atoms. The maximum absolute atomic E-state index is 6.67. The maximum atomic E-state index is 6.67. The molecule has 4 aliphatic carbocycles. The first-order chi connectivity index (χ1) is 23.9. The highest BCUT2D eigenvalue weighted by Gasteiger charge is 2.51. The van der Waals surface area contributed by atoms with E-state index < -0.39 is 0 Å². The van der Waals surface area contributed by atoms with Crippen LogP contribution in [0, 0.1) is 23.7 Å². The molecule has 0 saturated heterocycles. The lowest BCUT2D eigenvalue weighted by Gasteiger charge is -2.57. The van der Waals surface area contributed by atoms with Crippen molar-refractivity contribution >= 4 is 39.0 Å². The Bertz CT molecular complexity index is 2200. The fraction of sp³-hybridized carbons (Fsp3) is 0.349. The third-order valence-electron chi connectivity index (χ3n) is 12.0. The number of anilines is 3. The molecule has 0 radical (unpaired) electrons. The quantitative estimate of drug-likeness (QED) is 0.187. The van der Waals surface area contributed by atoms with Crippen molar-refractivity contribution in [1.29, 1.82) is 0 Å². The molecule has 0 spiro atoms. The fourth-order valence-electron chi connectivity index (χ4n) is 10.1. The summed E-state index contributed by atoms with van der Waals surface area (Å²) in [6.45, 7) is 7.58. The van der Waals surface area contributed by atoms with Crippen molar-refractivity contribution in [3.63, 3.8) is 0 Å². The third-order valence-corrected chi connectivity index (χ3v) is 12.0. The first kappa shape index (κ1) is 29.1. The number of hydrogen-bond acceptors (Lipinski definition) is 5. The lowest BCUT2D eigenvalue weighted by molar-refractivity contribution is -0.00219. The molecule has 11 rings (SSSR count). The van der Waals surface area contributed by atoms with Crippen molar-refractivity contribution < 1.29 is 4.74 Å². The van der Waals surface area contributed by atoms with Crippen LogP contribution in [0.5, 0.6) is 11.5 Å². The highest BCUT2D eigenvalue weighted by atomic mass is 16.5. The number of nitrogens with zero attached hydrogens (tertiary/aromatic N) is 5. The molecule has 0 unspecified atom stereocenters. The summed E-state index contributed by atoms with van der Waals surface area (Å²) >= 11 is 0. The van der Waals surface area contributed by atoms with Gasteiger partial charge in [-0.3, -0.25) is 4.57 Å². The molecule has 3 aromatic heterocycles. The molecule has 6 nitrogen and oxygen atoms in total. The van der Waals surface area contributed by atoms with Crippen LogP contribution in [-0.4, -0.2) is 27.2 Å². The van der Waals surface area contributed by atoms with Crippen LogP contribution in [-0.2, 0) is 5.41 Å². The van der Waals surface area contributed by atoms with Gasteiger partial charge in [-0.05, 0) is 121 Å². The minimum atomic E-state index is 0.0216. The molecule has 6 aromatic rings. The number of hydrogen-bond donors (Lipinski definition) is 0. The van der Waals surface area contributed by atoms with Gasteiger partial charge in [-0.2, -0.15) is 0 Å². The normalized spacial score (nSPS) is 24.3. The molecule has 3 aromatic carbocycles. The van der Waals surface area contributed by atoms with Crippen LogP contribution < -0.4 is 14.5 Å². The number of ether oxygens (including phenoxy) is 1. The van der Waals surface area contributed by atoms with Gasteiger partial charge in [0.15, 0.2) is 5.82 Å². The summed E-state index contributed by atoms with van der Waals surface area (Å²) in [7, 11) is 0. The second-order valence-corrected chi connectivity index (χ2v) is 16.1. The molecule has 4 fully saturated rings. The topological polar surface area (TPSA) is 46.4 Å². The Hall–Kier alpha value is -4.84. The van der Waals surface area contributed by atoms with Crippen molar-refractivity contribution in [3.8, 4) is 17.3 Å². The van der Waals surface area contributed by atoms with Crippen LogP contribution in [0.4, 0.5) is 17.2 Å². The van der Waals surface area contributed by atoms with Gasteiger partial charge in [-0.25, -0.2) is 9.97 Å². The molecule has 0 atom stereocenters. The van der Waals surface area contributed by atoms with E-state index in [2.05, 4.69) is 126 Å². The Balaban J connectivity index is 0.988. The van der Waals surface area contributed by atoms with E-state index in [9.17, 15) is 0 Å². The van der Waals surface area contributed by atoms with Crippen molar-refractivity contribution in [1.82, 2.24) is 14.5 Å². The molecular formula is C43H43N5O. The van der Waals surface area contributed by atoms with Crippen molar-refractivity contribution in [2.24, 2.45) is 23.7 Å². The predicted molar refractivity (Wildman–Crippen MR) is 198 cm³/mol. The van der Waals surface area contributed by atoms with Crippen LogP contribution in [0.3, 0.4) is 0 Å². The fourth-order valence-corrected chi connectivity index (χ4v) is 10.1. The molecule has 49 heavy (non-hydrogen) atoms. The van der Waals surface area contributed by atoms with Crippen molar-refractivity contribution in [2.45, 2.75) is 64.3 Å². The summed E-state index contributed by atoms with van der Waals surface area (Å²) in [5.74, 6) is 7.15. The Morgan fingerprint density at radius 2 is 1.45 bits per heavy atom. The van der Waals surface area contributed by atoms with Gasteiger partial charge in [-0.1, -0.05) is 45.0 Å². The molecule has 6 heteroatoms. The van der Waals surface area contributed by atoms with E-state index in [-0.39, 0.29) is 5.41 Å². The molecule has 246 valence electrons. The van der Waals surface area contributed by atoms with Gasteiger partial charge in [0.05, 0.1) is 23.4 Å². The van der Waals surface area contributed by atoms with Crippen LogP contribution in [0.2, 0.25) is 0 Å². The summed E-state index contributed by atoms with van der Waals surface area (Å²) in [5, 5.41) is 2.39. The van der Waals surface area contributed by atoms with Gasteiger partial charge in [0.1, 0.15) is 17.3 Å². The predicted octanol–water partition coefficient (Wildman–Crippen LogP) is 10.4. The van der Waals surface area contributed by atoms with E-state index >= 15 is 0 Å². The van der Waals surface area contributed by atoms with Crippen molar-refractivity contribution in [3.05, 3.63) is 109 Å². The van der Waals surface area contributed by atoms with E-state index in [4.69, 9.17) is 14.7 Å². The highest BCUT2D eigenvalue weighted by Crippen LogP contribution is 2.57. The number of fused-ring (bicyclic) bond motifs is 4. The summed E-state index contributed by atoms with van der Waals surface area (Å²) in [6.07, 6.45) is 11.0. The first-order valence-corrected chi connectivity index (χ1v) is 18.1. The van der Waals surface area contributed by atoms with Gasteiger partial charge < -0.3 is 14.5 Å². The standard InChI is InChI=1S/C43H43N5O/c1-43(2,3)31-15-17-44-40(23-31)48-37-11-5-4-10-35(37)36-14-13-34(25-39(36)48)49-33-9-6-8-32(24-33)46-26-47(38-12-7-16-45-42(38)46)41-29-19-27-18-28(21-29)22-30(41)20-27/h4-17,23-25,27-30,41H,18-22,26H2,1-3H3. The zero-order chi connectivity index (χ0) is 32.9. The van der Waals surface area contributed by atoms with Crippen molar-refractivity contribution in [2.75, 3.05) is 16.5 Å². The smallest absolute Gasteiger partial charge is 0.158 e. The largest absolute Gasteiger partial charge is 0.457 e. The minimum absolute atomic E-state index is 0.0216. The number of aromatic nitrogens is 3. The number of benzene rings is 3. The zero-order valence-corrected chi connectivity index (χ0v) is 28.6. The Labute approximate surface area is 288 Å². The third kappa shape index (κ3) is 4.74. The van der Waals surface area contributed by atoms with Crippen LogP contribution in [0.25, 0.3) is 27.6 Å². The molecular weight excluding hydrogens is 603 g/mol. The number of para-hydroxylation sites is 1. The minimum Gasteiger partial charge on any atom is -0.457 e. The highest BCUT2D eigenvalue weighted by molar-refractivity contribution is 6.09. The van der Waals surface area contributed by atoms with Crippen LogP contribution >= 0.6 is 0 Å². The van der Waals surface area contributed by atoms with Gasteiger partial charge in [0.2, 0.25) is 0 Å². The maximum Gasteiger partial charge on any atom is 0.158 e. The van der Waals surface area contributed by atoms with Gasteiger partial charge >= 0.3 is 0 Å². The molecule has 1 aliphatic heterocycles. The average Bonchev–Trinajstić information content (AvgIpc) is 3.64. The van der Waals surface area contributed by atoms with Gasteiger partial charge in [0, 0.05) is 47.0 Å². The van der Waals surface area contributed by atoms with Crippen LogP contribution in [0.15, 0.2) is 103 Å². The Morgan fingerprint density at radius 3 is 2.27 bits per heavy atom. The molecule has 0 N–H and O–H groups in total. The summed E-state index contributed by atoms with van der Waals surface area (Å²) < 4.78 is 8.94. The second kappa shape index (κ2) is 10.8. The van der Waals surface area contributed by atoms with E-state index in [0.29, 0.717) is 6.04 Å². The lowest BCUT2D eigenvalue weighted by Crippen LogP contribution is -2.56. The molecule has 4 saturated carbocycles. The monoisotopic (exact) mass is 645 g/mol. The zero-order valence-electron chi connectivity index (χ0n) is 28.6. The number of rotatable bonds is 5. The van der Waals surface area contributed by atoms with Crippen LogP contribution in [0.1, 0.15) is 58.4 Å². The molecule has 5 aliphatic rings. The van der Waals surface area contributed by atoms with E-state index in [1.54, 1.807) is 0 Å². The second-order valence-electron chi connectivity index (χ2n) is 16.1. The molecule has 4 heterocycles. The summed E-state index contributed by atoms with van der Waals surface area (Å²) in [4.78, 5) is 14.9.